The van der Waals surface area contributed by atoms with Crippen LogP contribution < -0.4 is 5.32 Å². The van der Waals surface area contributed by atoms with Crippen LogP contribution in [-0.4, -0.2) is 4.98 Å². The van der Waals surface area contributed by atoms with Crippen LogP contribution in [0.25, 0.3) is 0 Å². The highest BCUT2D eigenvalue weighted by molar-refractivity contribution is 7.09. The summed E-state index contributed by atoms with van der Waals surface area (Å²) in [7, 11) is 0. The minimum Gasteiger partial charge on any atom is -0.306 e. The fourth-order valence-electron chi connectivity index (χ4n) is 1.47. The Morgan fingerprint density at radius 2 is 2.25 bits per heavy atom. The molecule has 1 heterocycles. The molecule has 0 aliphatic carbocycles. The summed E-state index contributed by atoms with van der Waals surface area (Å²) in [5, 5.41) is 6.30. The molecule has 1 aromatic carbocycles. The molecule has 0 saturated carbocycles. The molecule has 0 atom stereocenters. The average Bonchev–Trinajstić information content (AvgIpc) is 2.76. The number of aryl methyl sites for hydroxylation is 1. The van der Waals surface area contributed by atoms with E-state index in [-0.39, 0.29) is 5.82 Å². The number of nitrogens with one attached hydrogen (secondary N) is 1. The SMILES string of the molecule is Cc1cc(CNCc2nccs2)ccc1F. The Balaban J connectivity index is 1.87. The Morgan fingerprint density at radius 1 is 1.38 bits per heavy atom. The van der Waals surface area contributed by atoms with Gasteiger partial charge in [0, 0.05) is 24.7 Å². The summed E-state index contributed by atoms with van der Waals surface area (Å²) in [5.41, 5.74) is 1.78. The minimum absolute atomic E-state index is 0.149. The topological polar surface area (TPSA) is 24.9 Å². The summed E-state index contributed by atoms with van der Waals surface area (Å²) in [6, 6.07) is 5.18. The van der Waals surface area contributed by atoms with E-state index in [0.717, 1.165) is 23.7 Å². The highest BCUT2D eigenvalue weighted by Gasteiger charge is 1.99. The number of thiazole rings is 1. The third-order valence-electron chi connectivity index (χ3n) is 2.31. The van der Waals surface area contributed by atoms with Crippen LogP contribution in [0.3, 0.4) is 0 Å². The fraction of sp³-hybridized carbons (Fsp3) is 0.250. The van der Waals surface area contributed by atoms with Gasteiger partial charge in [-0.2, -0.15) is 0 Å². The van der Waals surface area contributed by atoms with Crippen molar-refractivity contribution in [3.05, 3.63) is 51.7 Å². The van der Waals surface area contributed by atoms with Crippen LogP contribution in [0.2, 0.25) is 0 Å². The number of hydrogen-bond donors (Lipinski definition) is 1. The van der Waals surface area contributed by atoms with Gasteiger partial charge in [-0.15, -0.1) is 11.3 Å². The molecule has 0 fully saturated rings. The van der Waals surface area contributed by atoms with Crippen molar-refractivity contribution in [1.82, 2.24) is 10.3 Å². The van der Waals surface area contributed by atoms with E-state index in [1.54, 1.807) is 30.5 Å². The van der Waals surface area contributed by atoms with E-state index in [0.29, 0.717) is 5.56 Å². The van der Waals surface area contributed by atoms with E-state index in [9.17, 15) is 4.39 Å². The summed E-state index contributed by atoms with van der Waals surface area (Å²) in [4.78, 5) is 4.18. The molecular formula is C12H13FN2S. The van der Waals surface area contributed by atoms with Crippen molar-refractivity contribution in [2.75, 3.05) is 0 Å². The molecule has 0 saturated heterocycles. The zero-order valence-corrected chi connectivity index (χ0v) is 9.85. The van der Waals surface area contributed by atoms with Crippen molar-refractivity contribution in [3.63, 3.8) is 0 Å². The third-order valence-corrected chi connectivity index (χ3v) is 3.09. The number of benzene rings is 1. The maximum atomic E-state index is 13.0. The van der Waals surface area contributed by atoms with Gasteiger partial charge in [0.1, 0.15) is 10.8 Å². The van der Waals surface area contributed by atoms with E-state index in [1.807, 2.05) is 11.4 Å². The van der Waals surface area contributed by atoms with Gasteiger partial charge in [0.05, 0.1) is 0 Å². The molecule has 0 spiro atoms. The lowest BCUT2D eigenvalue weighted by molar-refractivity contribution is 0.615. The molecule has 0 radical (unpaired) electrons. The monoisotopic (exact) mass is 236 g/mol. The largest absolute Gasteiger partial charge is 0.306 e. The van der Waals surface area contributed by atoms with Gasteiger partial charge < -0.3 is 5.32 Å². The van der Waals surface area contributed by atoms with Crippen LogP contribution in [-0.2, 0) is 13.1 Å². The second-order valence-corrected chi connectivity index (χ2v) is 4.59. The number of aromatic nitrogens is 1. The Labute approximate surface area is 98.2 Å². The van der Waals surface area contributed by atoms with E-state index in [1.165, 1.54) is 6.07 Å². The zero-order valence-electron chi connectivity index (χ0n) is 9.03. The average molecular weight is 236 g/mol. The van der Waals surface area contributed by atoms with Gasteiger partial charge in [-0.1, -0.05) is 12.1 Å². The molecule has 0 aliphatic heterocycles. The Hall–Kier alpha value is -1.26. The van der Waals surface area contributed by atoms with Gasteiger partial charge in [-0.05, 0) is 24.1 Å². The van der Waals surface area contributed by atoms with Gasteiger partial charge in [0.25, 0.3) is 0 Å². The van der Waals surface area contributed by atoms with E-state index in [2.05, 4.69) is 10.3 Å². The smallest absolute Gasteiger partial charge is 0.126 e. The molecule has 2 aromatic rings. The van der Waals surface area contributed by atoms with Crippen LogP contribution in [0.15, 0.2) is 29.8 Å². The Kier molecular flexibility index (Phi) is 3.64. The van der Waals surface area contributed by atoms with E-state index >= 15 is 0 Å². The predicted molar refractivity (Wildman–Crippen MR) is 63.8 cm³/mol. The summed E-state index contributed by atoms with van der Waals surface area (Å²) < 4.78 is 13.0. The minimum atomic E-state index is -0.149. The molecular weight excluding hydrogens is 223 g/mol. The molecule has 16 heavy (non-hydrogen) atoms. The first-order chi connectivity index (χ1) is 7.75. The van der Waals surface area contributed by atoms with Crippen molar-refractivity contribution < 1.29 is 4.39 Å². The molecule has 1 aromatic heterocycles. The molecule has 0 aliphatic rings. The summed E-state index contributed by atoms with van der Waals surface area (Å²) in [6.07, 6.45) is 1.80. The van der Waals surface area contributed by atoms with Crippen LogP contribution in [0, 0.1) is 12.7 Å². The first-order valence-electron chi connectivity index (χ1n) is 5.10. The van der Waals surface area contributed by atoms with Crippen molar-refractivity contribution in [3.8, 4) is 0 Å². The van der Waals surface area contributed by atoms with Crippen molar-refractivity contribution >= 4 is 11.3 Å². The number of rotatable bonds is 4. The maximum absolute atomic E-state index is 13.0. The van der Waals surface area contributed by atoms with Crippen molar-refractivity contribution in [1.29, 1.82) is 0 Å². The summed E-state index contributed by atoms with van der Waals surface area (Å²) in [5.74, 6) is -0.149. The number of nitrogens with zero attached hydrogens (tertiary/aromatic N) is 1. The standard InChI is InChI=1S/C12H13FN2S/c1-9-6-10(2-3-11(9)13)7-14-8-12-15-4-5-16-12/h2-6,14H,7-8H2,1H3. The maximum Gasteiger partial charge on any atom is 0.126 e. The van der Waals surface area contributed by atoms with Crippen molar-refractivity contribution in [2.45, 2.75) is 20.0 Å². The molecule has 0 amide bonds. The van der Waals surface area contributed by atoms with Crippen LogP contribution in [0.1, 0.15) is 16.1 Å². The third kappa shape index (κ3) is 2.87. The second kappa shape index (κ2) is 5.18. The molecule has 0 bridgehead atoms. The second-order valence-electron chi connectivity index (χ2n) is 3.61. The predicted octanol–water partition coefficient (Wildman–Crippen LogP) is 2.88. The van der Waals surface area contributed by atoms with Gasteiger partial charge in [-0.25, -0.2) is 9.37 Å². The molecule has 2 nitrogen and oxygen atoms in total. The lowest BCUT2D eigenvalue weighted by Gasteiger charge is -2.04. The van der Waals surface area contributed by atoms with Gasteiger partial charge in [0.2, 0.25) is 0 Å². The first-order valence-corrected chi connectivity index (χ1v) is 5.98. The quantitative estimate of drug-likeness (QED) is 0.883. The van der Waals surface area contributed by atoms with E-state index < -0.39 is 0 Å². The lowest BCUT2D eigenvalue weighted by Crippen LogP contribution is -2.12. The highest BCUT2D eigenvalue weighted by Crippen LogP contribution is 2.09. The van der Waals surface area contributed by atoms with Crippen molar-refractivity contribution in [2.24, 2.45) is 0 Å². The number of halogens is 1. The molecule has 0 unspecified atom stereocenters. The molecule has 4 heteroatoms. The van der Waals surface area contributed by atoms with E-state index in [4.69, 9.17) is 0 Å². The molecule has 1 N–H and O–H groups in total. The van der Waals surface area contributed by atoms with Crippen LogP contribution in [0.4, 0.5) is 4.39 Å². The molecule has 84 valence electrons. The Morgan fingerprint density at radius 3 is 2.94 bits per heavy atom. The normalized spacial score (nSPS) is 10.6. The Bertz CT molecular complexity index is 454. The lowest BCUT2D eigenvalue weighted by atomic mass is 10.1. The van der Waals surface area contributed by atoms with Crippen LogP contribution in [0.5, 0.6) is 0 Å². The van der Waals surface area contributed by atoms with Gasteiger partial charge in [-0.3, -0.25) is 0 Å². The number of hydrogen-bond acceptors (Lipinski definition) is 3. The van der Waals surface area contributed by atoms with Crippen LogP contribution >= 0.6 is 11.3 Å². The van der Waals surface area contributed by atoms with Gasteiger partial charge in [0.15, 0.2) is 0 Å². The summed E-state index contributed by atoms with van der Waals surface area (Å²) in [6.45, 7) is 3.27. The first kappa shape index (κ1) is 11.2. The fourth-order valence-corrected chi connectivity index (χ4v) is 2.06. The highest BCUT2D eigenvalue weighted by atomic mass is 32.1. The summed E-state index contributed by atoms with van der Waals surface area (Å²) >= 11 is 1.63. The zero-order chi connectivity index (χ0) is 11.4. The van der Waals surface area contributed by atoms with Gasteiger partial charge >= 0.3 is 0 Å². The molecule has 2 rings (SSSR count).